The summed E-state index contributed by atoms with van der Waals surface area (Å²) in [6.07, 6.45) is 0. The van der Waals surface area contributed by atoms with Crippen LogP contribution in [-0.4, -0.2) is 54.9 Å². The average Bonchev–Trinajstić information content (AvgIpc) is 2.46. The van der Waals surface area contributed by atoms with E-state index in [0.29, 0.717) is 38.4 Å². The van der Waals surface area contributed by atoms with Crippen LogP contribution in [-0.2, 0) is 0 Å². The van der Waals surface area contributed by atoms with E-state index in [4.69, 9.17) is 5.73 Å². The van der Waals surface area contributed by atoms with Crippen LogP contribution in [0.4, 0.5) is 33.7 Å². The number of benzene rings is 1. The minimum atomic E-state index is -4.20. The molecule has 1 aromatic rings. The molecule has 2 rings (SSSR count). The Kier molecular flexibility index (Phi) is 6.16. The largest absolute Gasteiger partial charge is 0.441 e. The Balaban J connectivity index is 1.85. The van der Waals surface area contributed by atoms with Crippen molar-refractivity contribution in [3.8, 4) is 0 Å². The van der Waals surface area contributed by atoms with Crippen LogP contribution in [0.15, 0.2) is 18.2 Å². The first-order chi connectivity index (χ1) is 11.2. The second-order valence-electron chi connectivity index (χ2n) is 5.28. The number of hydrogen-bond acceptors (Lipinski definition) is 4. The van der Waals surface area contributed by atoms with Gasteiger partial charge in [0.25, 0.3) is 0 Å². The maximum absolute atomic E-state index is 14.1. The highest BCUT2D eigenvalue weighted by Gasteiger charge is 2.28. The Bertz CT molecular complexity index is 576. The van der Waals surface area contributed by atoms with Crippen LogP contribution in [0.25, 0.3) is 0 Å². The molecule has 0 aliphatic carbocycles. The van der Waals surface area contributed by atoms with Gasteiger partial charge in [0.1, 0.15) is 5.82 Å². The van der Waals surface area contributed by atoms with E-state index in [1.807, 2.05) is 9.80 Å². The molecule has 1 heterocycles. The van der Waals surface area contributed by atoms with Gasteiger partial charge in [-0.25, -0.2) is 9.18 Å². The summed E-state index contributed by atoms with van der Waals surface area (Å²) in [4.78, 5) is 14.5. The van der Waals surface area contributed by atoms with Gasteiger partial charge >= 0.3 is 11.5 Å². The highest BCUT2D eigenvalue weighted by molar-refractivity contribution is 8.00. The molecule has 1 aliphatic rings. The Labute approximate surface area is 141 Å². The molecule has 134 valence electrons. The van der Waals surface area contributed by atoms with Gasteiger partial charge in [0.15, 0.2) is 0 Å². The van der Waals surface area contributed by atoms with Crippen molar-refractivity contribution in [2.75, 3.05) is 48.7 Å². The molecule has 0 saturated carbocycles. The molecule has 3 N–H and O–H groups in total. The highest BCUT2D eigenvalue weighted by atomic mass is 32.2. The second-order valence-corrected chi connectivity index (χ2v) is 6.44. The maximum Gasteiger partial charge on any atom is 0.441 e. The third-order valence-corrected chi connectivity index (χ3v) is 4.32. The molecule has 2 amide bonds. The van der Waals surface area contributed by atoms with E-state index in [0.717, 1.165) is 0 Å². The molecule has 0 atom stereocenters. The smallest absolute Gasteiger partial charge is 0.367 e. The molecule has 0 unspecified atom stereocenters. The normalized spacial score (nSPS) is 16.2. The van der Waals surface area contributed by atoms with Gasteiger partial charge in [-0.2, -0.15) is 13.2 Å². The van der Waals surface area contributed by atoms with Gasteiger partial charge in [-0.15, -0.1) is 0 Å². The summed E-state index contributed by atoms with van der Waals surface area (Å²) in [5.41, 5.74) is 1.44. The molecular formula is C14H18F4N4OS. The van der Waals surface area contributed by atoms with E-state index >= 15 is 0 Å². The van der Waals surface area contributed by atoms with Crippen molar-refractivity contribution in [2.24, 2.45) is 5.73 Å². The number of halogens is 4. The van der Waals surface area contributed by atoms with Crippen molar-refractivity contribution >= 4 is 29.2 Å². The number of urea groups is 1. The van der Waals surface area contributed by atoms with Gasteiger partial charge in [0.2, 0.25) is 0 Å². The lowest BCUT2D eigenvalue weighted by Crippen LogP contribution is -2.47. The Morgan fingerprint density at radius 1 is 1.25 bits per heavy atom. The topological polar surface area (TPSA) is 61.6 Å². The molecule has 1 fully saturated rings. The number of rotatable bonds is 5. The monoisotopic (exact) mass is 366 g/mol. The first kappa shape index (κ1) is 18.7. The molecule has 10 heteroatoms. The lowest BCUT2D eigenvalue weighted by atomic mass is 10.2. The number of nitrogens with two attached hydrogens (primary N) is 1. The van der Waals surface area contributed by atoms with E-state index in [2.05, 4.69) is 5.32 Å². The summed E-state index contributed by atoms with van der Waals surface area (Å²) in [5, 5.41) is 2.30. The second kappa shape index (κ2) is 7.93. The molecule has 0 radical (unpaired) electrons. The van der Waals surface area contributed by atoms with Crippen molar-refractivity contribution in [3.05, 3.63) is 24.0 Å². The fraction of sp³-hybridized carbons (Fsp3) is 0.500. The van der Waals surface area contributed by atoms with Gasteiger partial charge in [0.05, 0.1) is 5.69 Å². The van der Waals surface area contributed by atoms with Gasteiger partial charge < -0.3 is 16.0 Å². The van der Waals surface area contributed by atoms with Gasteiger partial charge in [0, 0.05) is 44.2 Å². The number of carbonyl (C=O) groups is 1. The zero-order valence-electron chi connectivity index (χ0n) is 12.8. The van der Waals surface area contributed by atoms with Crippen LogP contribution in [0.3, 0.4) is 0 Å². The van der Waals surface area contributed by atoms with Crippen LogP contribution < -0.4 is 16.0 Å². The summed E-state index contributed by atoms with van der Waals surface area (Å²) in [6, 6.07) is 3.52. The summed E-state index contributed by atoms with van der Waals surface area (Å²) < 4.78 is 50.5. The number of alkyl halides is 3. The lowest BCUT2D eigenvalue weighted by Gasteiger charge is -2.36. The van der Waals surface area contributed by atoms with Crippen molar-refractivity contribution in [1.82, 2.24) is 4.90 Å². The quantitative estimate of drug-likeness (QED) is 0.787. The molecule has 1 saturated heterocycles. The van der Waals surface area contributed by atoms with Gasteiger partial charge in [-0.05, 0) is 30.0 Å². The molecule has 0 spiro atoms. The molecule has 24 heavy (non-hydrogen) atoms. The van der Waals surface area contributed by atoms with Crippen LogP contribution in [0.5, 0.6) is 0 Å². The van der Waals surface area contributed by atoms with E-state index < -0.39 is 17.4 Å². The van der Waals surface area contributed by atoms with E-state index in [-0.39, 0.29) is 23.2 Å². The highest BCUT2D eigenvalue weighted by Crippen LogP contribution is 2.30. The first-order valence-electron chi connectivity index (χ1n) is 7.28. The van der Waals surface area contributed by atoms with Crippen LogP contribution in [0, 0.1) is 5.82 Å². The molecule has 0 bridgehead atoms. The number of carbonyl (C=O) groups excluding carboxylic acids is 1. The van der Waals surface area contributed by atoms with E-state index in [9.17, 15) is 22.4 Å². The molecule has 0 aromatic heterocycles. The summed E-state index contributed by atoms with van der Waals surface area (Å²) in [7, 11) is 0. The Morgan fingerprint density at radius 3 is 2.46 bits per heavy atom. The van der Waals surface area contributed by atoms with Crippen molar-refractivity contribution in [1.29, 1.82) is 0 Å². The number of primary amides is 1. The minimum absolute atomic E-state index is 0.00859. The Morgan fingerprint density at radius 2 is 1.92 bits per heavy atom. The lowest BCUT2D eigenvalue weighted by molar-refractivity contribution is -0.0328. The van der Waals surface area contributed by atoms with E-state index in [1.165, 1.54) is 6.07 Å². The summed E-state index contributed by atoms with van der Waals surface area (Å²) in [6.45, 7) is 2.53. The third kappa shape index (κ3) is 5.75. The average molecular weight is 366 g/mol. The number of nitrogens with zero attached hydrogens (tertiary/aromatic N) is 2. The zero-order valence-corrected chi connectivity index (χ0v) is 13.6. The minimum Gasteiger partial charge on any atom is -0.367 e. The number of thioether (sulfide) groups is 1. The number of piperazine rings is 1. The summed E-state index contributed by atoms with van der Waals surface area (Å²) in [5.74, 6) is -0.493. The number of nitrogens with one attached hydrogen (secondary N) is 1. The van der Waals surface area contributed by atoms with Gasteiger partial charge in [-0.1, -0.05) is 0 Å². The SMILES string of the molecule is NC(=O)Nc1ccc(N2CCN(CCSC(F)(F)F)CC2)c(F)c1. The number of anilines is 2. The summed E-state index contributed by atoms with van der Waals surface area (Å²) >= 11 is -0.0267. The van der Waals surface area contributed by atoms with Crippen LogP contribution in [0.1, 0.15) is 0 Å². The molecule has 1 aliphatic heterocycles. The first-order valence-corrected chi connectivity index (χ1v) is 8.27. The molecular weight excluding hydrogens is 348 g/mol. The third-order valence-electron chi connectivity index (χ3n) is 3.60. The molecule has 1 aromatic carbocycles. The standard InChI is InChI=1S/C14H18F4N4OS/c15-11-9-10(20-13(19)23)1-2-12(11)22-5-3-21(4-6-22)7-8-24-14(16,17)18/h1-2,9H,3-8H2,(H3,19,20,23). The Hall–Kier alpha value is -1.68. The van der Waals surface area contributed by atoms with Crippen LogP contribution >= 0.6 is 11.8 Å². The number of amides is 2. The van der Waals surface area contributed by atoms with Crippen molar-refractivity contribution < 1.29 is 22.4 Å². The predicted octanol–water partition coefficient (Wildman–Crippen LogP) is 2.69. The predicted molar refractivity (Wildman–Crippen MR) is 86.8 cm³/mol. The van der Waals surface area contributed by atoms with Crippen molar-refractivity contribution in [2.45, 2.75) is 5.51 Å². The van der Waals surface area contributed by atoms with Gasteiger partial charge in [-0.3, -0.25) is 4.90 Å². The fourth-order valence-electron chi connectivity index (χ4n) is 2.49. The number of hydrogen-bond donors (Lipinski definition) is 2. The maximum atomic E-state index is 14.1. The molecule has 5 nitrogen and oxygen atoms in total. The fourth-order valence-corrected chi connectivity index (χ4v) is 3.07. The zero-order chi connectivity index (χ0) is 17.7. The van der Waals surface area contributed by atoms with Crippen LogP contribution in [0.2, 0.25) is 0 Å². The van der Waals surface area contributed by atoms with Crippen molar-refractivity contribution in [3.63, 3.8) is 0 Å². The van der Waals surface area contributed by atoms with E-state index in [1.54, 1.807) is 12.1 Å².